The number of hydrogen-bond donors (Lipinski definition) is 1. The van der Waals surface area contributed by atoms with Gasteiger partial charge in [0.05, 0.1) is 16.5 Å². The van der Waals surface area contributed by atoms with E-state index in [-0.39, 0.29) is 10.6 Å². The first-order chi connectivity index (χ1) is 11.0. The number of thiazole rings is 2. The van der Waals surface area contributed by atoms with Crippen LogP contribution in [0.1, 0.15) is 27.7 Å². The van der Waals surface area contributed by atoms with Gasteiger partial charge in [-0.25, -0.2) is 9.97 Å². The number of benzene rings is 1. The van der Waals surface area contributed by atoms with Gasteiger partial charge in [0, 0.05) is 22.4 Å². The quantitative estimate of drug-likeness (QED) is 0.572. The van der Waals surface area contributed by atoms with Gasteiger partial charge in [0.15, 0.2) is 0 Å². The van der Waals surface area contributed by atoms with Gasteiger partial charge in [0.1, 0.15) is 16.4 Å². The second-order valence-electron chi connectivity index (χ2n) is 5.17. The van der Waals surface area contributed by atoms with Crippen LogP contribution >= 0.6 is 22.7 Å². The Morgan fingerprint density at radius 2 is 2.00 bits per heavy atom. The lowest BCUT2D eigenvalue weighted by molar-refractivity contribution is -0.385. The average molecular weight is 346 g/mol. The van der Waals surface area contributed by atoms with Crippen LogP contribution in [0.15, 0.2) is 28.4 Å². The summed E-state index contributed by atoms with van der Waals surface area (Å²) in [4.78, 5) is 19.4. The molecule has 0 bridgehead atoms. The maximum Gasteiger partial charge on any atom is 0.272 e. The Balaban J connectivity index is 1.96. The molecule has 0 radical (unpaired) electrons. The minimum absolute atomic E-state index is 0.112. The summed E-state index contributed by atoms with van der Waals surface area (Å²) in [5.74, 6) is 0. The summed E-state index contributed by atoms with van der Waals surface area (Å²) >= 11 is 2.99. The van der Waals surface area contributed by atoms with Gasteiger partial charge in [0.2, 0.25) is 0 Å². The van der Waals surface area contributed by atoms with Gasteiger partial charge in [0.25, 0.3) is 5.69 Å². The van der Waals surface area contributed by atoms with Crippen LogP contribution in [0.5, 0.6) is 0 Å². The Morgan fingerprint density at radius 1 is 1.22 bits per heavy atom. The number of aromatic nitrogens is 2. The number of nitro groups is 1. The van der Waals surface area contributed by atoms with Crippen LogP contribution < -0.4 is 5.73 Å². The molecule has 23 heavy (non-hydrogen) atoms. The van der Waals surface area contributed by atoms with Crippen LogP contribution in [0.4, 0.5) is 5.69 Å². The lowest BCUT2D eigenvalue weighted by atomic mass is 9.98. The fourth-order valence-electron chi connectivity index (χ4n) is 2.38. The Morgan fingerprint density at radius 3 is 2.65 bits per heavy atom. The molecule has 0 spiro atoms. The topological polar surface area (TPSA) is 94.9 Å². The molecule has 3 aromatic rings. The van der Waals surface area contributed by atoms with E-state index in [9.17, 15) is 10.1 Å². The zero-order chi connectivity index (χ0) is 16.6. The molecular weight excluding hydrogens is 332 g/mol. The monoisotopic (exact) mass is 346 g/mol. The minimum atomic E-state index is -0.410. The predicted octanol–water partition coefficient (Wildman–Crippen LogP) is 3.84. The molecule has 2 heterocycles. The summed E-state index contributed by atoms with van der Waals surface area (Å²) < 4.78 is 0. The summed E-state index contributed by atoms with van der Waals surface area (Å²) in [6.45, 7) is 3.55. The van der Waals surface area contributed by atoms with E-state index in [0.717, 1.165) is 27.5 Å². The van der Waals surface area contributed by atoms with E-state index in [0.29, 0.717) is 5.56 Å². The molecule has 1 aromatic carbocycles. The second-order valence-corrected chi connectivity index (χ2v) is 6.78. The molecular formula is C15H14N4O2S2. The normalized spacial score (nSPS) is 12.3. The minimum Gasteiger partial charge on any atom is -0.318 e. The third-order valence-electron chi connectivity index (χ3n) is 3.60. The van der Waals surface area contributed by atoms with E-state index in [1.54, 1.807) is 24.6 Å². The maximum absolute atomic E-state index is 11.0. The van der Waals surface area contributed by atoms with Crippen molar-refractivity contribution in [2.75, 3.05) is 0 Å². The number of nitrogens with zero attached hydrogens (tertiary/aromatic N) is 3. The molecule has 0 fully saturated rings. The lowest BCUT2D eigenvalue weighted by Gasteiger charge is -2.13. The molecule has 1 unspecified atom stereocenters. The standard InChI is InChI=1S/C15H14N4O2S2/c1-8-4-13(19(20)21)9(2)3-10(8)14(16)15-18-12(6-23-15)11-5-22-7-17-11/h3-7,14H,16H2,1-2H3. The largest absolute Gasteiger partial charge is 0.318 e. The van der Waals surface area contributed by atoms with Crippen LogP contribution in [0.3, 0.4) is 0 Å². The highest BCUT2D eigenvalue weighted by Gasteiger charge is 2.20. The smallest absolute Gasteiger partial charge is 0.272 e. The Bertz CT molecular complexity index is 858. The summed E-state index contributed by atoms with van der Waals surface area (Å²) in [6.07, 6.45) is 0. The van der Waals surface area contributed by atoms with Crippen LogP contribution in [0.2, 0.25) is 0 Å². The predicted molar refractivity (Wildman–Crippen MR) is 91.8 cm³/mol. The third-order valence-corrected chi connectivity index (χ3v) is 5.11. The van der Waals surface area contributed by atoms with Gasteiger partial charge in [-0.1, -0.05) is 0 Å². The molecule has 2 aromatic heterocycles. The van der Waals surface area contributed by atoms with Gasteiger partial charge in [-0.2, -0.15) is 0 Å². The van der Waals surface area contributed by atoms with Crippen molar-refractivity contribution in [2.45, 2.75) is 19.9 Å². The van der Waals surface area contributed by atoms with Crippen molar-refractivity contribution in [1.82, 2.24) is 9.97 Å². The zero-order valence-electron chi connectivity index (χ0n) is 12.5. The first-order valence-electron chi connectivity index (χ1n) is 6.82. The van der Waals surface area contributed by atoms with Crippen LogP contribution in [-0.4, -0.2) is 14.9 Å². The van der Waals surface area contributed by atoms with Gasteiger partial charge in [-0.15, -0.1) is 22.7 Å². The third kappa shape index (κ3) is 3.00. The van der Waals surface area contributed by atoms with Gasteiger partial charge < -0.3 is 5.73 Å². The van der Waals surface area contributed by atoms with Gasteiger partial charge >= 0.3 is 0 Å². The number of hydrogen-bond acceptors (Lipinski definition) is 7. The Kier molecular flexibility index (Phi) is 4.20. The van der Waals surface area contributed by atoms with E-state index < -0.39 is 6.04 Å². The van der Waals surface area contributed by atoms with Gasteiger partial charge in [-0.05, 0) is 31.0 Å². The van der Waals surface area contributed by atoms with Crippen LogP contribution in [-0.2, 0) is 0 Å². The molecule has 2 N–H and O–H groups in total. The van der Waals surface area contributed by atoms with Crippen molar-refractivity contribution in [1.29, 1.82) is 0 Å². The van der Waals surface area contributed by atoms with Crippen LogP contribution in [0.25, 0.3) is 11.4 Å². The summed E-state index contributed by atoms with van der Waals surface area (Å²) in [5.41, 5.74) is 12.1. The van der Waals surface area contributed by atoms with E-state index in [1.807, 2.05) is 17.7 Å². The molecule has 0 amide bonds. The van der Waals surface area contributed by atoms with E-state index in [1.165, 1.54) is 22.7 Å². The van der Waals surface area contributed by atoms with Crippen molar-refractivity contribution in [3.8, 4) is 11.4 Å². The highest BCUT2D eigenvalue weighted by Crippen LogP contribution is 2.32. The summed E-state index contributed by atoms with van der Waals surface area (Å²) in [5, 5.41) is 15.7. The fraction of sp³-hybridized carbons (Fsp3) is 0.200. The molecule has 1 atom stereocenters. The van der Waals surface area contributed by atoms with Crippen molar-refractivity contribution < 1.29 is 4.92 Å². The molecule has 0 saturated carbocycles. The number of rotatable bonds is 4. The molecule has 6 nitrogen and oxygen atoms in total. The molecule has 8 heteroatoms. The lowest BCUT2D eigenvalue weighted by Crippen LogP contribution is -2.13. The van der Waals surface area contributed by atoms with Crippen LogP contribution in [0, 0.1) is 24.0 Å². The van der Waals surface area contributed by atoms with E-state index >= 15 is 0 Å². The molecule has 0 saturated heterocycles. The number of nitro benzene ring substituents is 1. The van der Waals surface area contributed by atoms with Crippen molar-refractivity contribution in [2.24, 2.45) is 5.73 Å². The van der Waals surface area contributed by atoms with Crippen molar-refractivity contribution in [3.63, 3.8) is 0 Å². The Labute approximate surface area is 140 Å². The fourth-order valence-corrected chi connectivity index (χ4v) is 3.75. The zero-order valence-corrected chi connectivity index (χ0v) is 14.1. The summed E-state index contributed by atoms with van der Waals surface area (Å²) in [6, 6.07) is 2.94. The van der Waals surface area contributed by atoms with E-state index in [2.05, 4.69) is 9.97 Å². The first kappa shape index (κ1) is 15.7. The number of aryl methyl sites for hydroxylation is 2. The first-order valence-corrected chi connectivity index (χ1v) is 8.64. The highest BCUT2D eigenvalue weighted by molar-refractivity contribution is 7.10. The van der Waals surface area contributed by atoms with E-state index in [4.69, 9.17) is 5.73 Å². The molecule has 3 rings (SSSR count). The second kappa shape index (κ2) is 6.15. The average Bonchev–Trinajstić information content (AvgIpc) is 3.18. The molecule has 0 aliphatic heterocycles. The molecule has 118 valence electrons. The van der Waals surface area contributed by atoms with Crippen molar-refractivity contribution >= 4 is 28.4 Å². The molecule has 0 aliphatic rings. The summed E-state index contributed by atoms with van der Waals surface area (Å²) in [7, 11) is 0. The van der Waals surface area contributed by atoms with Gasteiger partial charge in [-0.3, -0.25) is 10.1 Å². The highest BCUT2D eigenvalue weighted by atomic mass is 32.1. The Hall–Kier alpha value is -2.16. The maximum atomic E-state index is 11.0. The molecule has 0 aliphatic carbocycles. The SMILES string of the molecule is Cc1cc([N+](=O)[O-])c(C)cc1C(N)c1nc(-c2cscn2)cs1. The number of nitrogens with two attached hydrogens (primary N) is 1. The van der Waals surface area contributed by atoms with Crippen molar-refractivity contribution in [3.05, 3.63) is 60.2 Å².